The number of aliphatic hydroxyl groups is 1. The van der Waals surface area contributed by atoms with Crippen LogP contribution in [0.5, 0.6) is 0 Å². The van der Waals surface area contributed by atoms with Gasteiger partial charge in [0.25, 0.3) is 0 Å². The lowest BCUT2D eigenvalue weighted by molar-refractivity contribution is 0.0743. The standard InChI is InChI=1S/C24H32FN5O3/c1-5-29-16-17(14-26-29)15-28-8-9-30(23(28)31)21-13-19(12-20(22(21)25)24(2,3)32)27(4)18-6-10-33-11-7-18/h8-9,12-14,16,18,32H,5-7,10-11,15H2,1-4H3. The van der Waals surface area contributed by atoms with Gasteiger partial charge in [-0.1, -0.05) is 0 Å². The largest absolute Gasteiger partial charge is 0.386 e. The summed E-state index contributed by atoms with van der Waals surface area (Å²) in [5, 5.41) is 14.9. The summed E-state index contributed by atoms with van der Waals surface area (Å²) < 4.78 is 25.7. The van der Waals surface area contributed by atoms with Crippen LogP contribution in [-0.4, -0.2) is 50.3 Å². The lowest BCUT2D eigenvalue weighted by atomic mass is 9.95. The second-order valence-electron chi connectivity index (χ2n) is 9.12. The van der Waals surface area contributed by atoms with Crippen LogP contribution in [-0.2, 0) is 23.4 Å². The van der Waals surface area contributed by atoms with Crippen LogP contribution in [0, 0.1) is 5.82 Å². The summed E-state index contributed by atoms with van der Waals surface area (Å²) in [6, 6.07) is 3.60. The summed E-state index contributed by atoms with van der Waals surface area (Å²) in [4.78, 5) is 15.3. The maximum Gasteiger partial charge on any atom is 0.333 e. The molecule has 1 aliphatic rings. The van der Waals surface area contributed by atoms with Crippen molar-refractivity contribution in [3.05, 3.63) is 64.3 Å². The minimum absolute atomic E-state index is 0.122. The van der Waals surface area contributed by atoms with Gasteiger partial charge in [-0.2, -0.15) is 5.10 Å². The van der Waals surface area contributed by atoms with Crippen LogP contribution in [0.15, 0.2) is 41.7 Å². The Morgan fingerprint density at radius 2 is 2.00 bits per heavy atom. The summed E-state index contributed by atoms with van der Waals surface area (Å²) in [5.41, 5.74) is 0.147. The molecule has 0 saturated carbocycles. The molecule has 1 N–H and O–H groups in total. The number of nitrogens with zero attached hydrogens (tertiary/aromatic N) is 5. The van der Waals surface area contributed by atoms with Crippen molar-refractivity contribution in [1.29, 1.82) is 0 Å². The lowest BCUT2D eigenvalue weighted by Crippen LogP contribution is -2.37. The smallest absolute Gasteiger partial charge is 0.333 e. The van der Waals surface area contributed by atoms with E-state index < -0.39 is 11.4 Å². The summed E-state index contributed by atoms with van der Waals surface area (Å²) in [5.74, 6) is -0.606. The van der Waals surface area contributed by atoms with Gasteiger partial charge in [-0.05, 0) is 45.7 Å². The molecule has 1 aliphatic heterocycles. The Kier molecular flexibility index (Phi) is 6.45. The molecule has 9 heteroatoms. The van der Waals surface area contributed by atoms with E-state index in [-0.39, 0.29) is 23.0 Å². The van der Waals surface area contributed by atoms with E-state index in [1.807, 2.05) is 20.2 Å². The van der Waals surface area contributed by atoms with Crippen molar-refractivity contribution in [1.82, 2.24) is 18.9 Å². The van der Waals surface area contributed by atoms with Crippen molar-refractivity contribution in [2.75, 3.05) is 25.2 Å². The number of benzene rings is 1. The zero-order valence-electron chi connectivity index (χ0n) is 19.7. The predicted octanol–water partition coefficient (Wildman–Crippen LogP) is 2.89. The number of hydrogen-bond acceptors (Lipinski definition) is 5. The molecular weight excluding hydrogens is 425 g/mol. The van der Waals surface area contributed by atoms with Crippen LogP contribution in [0.2, 0.25) is 0 Å². The SMILES string of the molecule is CCn1cc(Cn2ccn(-c3cc(N(C)C4CCOCC4)cc(C(C)(C)O)c3F)c2=O)cn1. The Labute approximate surface area is 192 Å². The van der Waals surface area contributed by atoms with E-state index >= 15 is 4.39 Å². The molecule has 4 rings (SSSR count). The minimum atomic E-state index is -1.41. The van der Waals surface area contributed by atoms with E-state index in [4.69, 9.17) is 4.74 Å². The highest BCUT2D eigenvalue weighted by Crippen LogP contribution is 2.33. The minimum Gasteiger partial charge on any atom is -0.386 e. The number of rotatable bonds is 7. The number of aryl methyl sites for hydroxylation is 1. The molecule has 1 fully saturated rings. The van der Waals surface area contributed by atoms with Crippen LogP contribution in [0.4, 0.5) is 10.1 Å². The zero-order valence-corrected chi connectivity index (χ0v) is 19.7. The molecule has 0 unspecified atom stereocenters. The zero-order chi connectivity index (χ0) is 23.8. The molecule has 1 saturated heterocycles. The number of hydrogen-bond donors (Lipinski definition) is 1. The average Bonchev–Trinajstić information content (AvgIpc) is 3.40. The van der Waals surface area contributed by atoms with Gasteiger partial charge in [-0.25, -0.2) is 9.18 Å². The molecule has 33 heavy (non-hydrogen) atoms. The number of imidazole rings is 1. The Morgan fingerprint density at radius 1 is 1.27 bits per heavy atom. The van der Waals surface area contributed by atoms with Gasteiger partial charge in [0.05, 0.1) is 24.0 Å². The molecule has 0 amide bonds. The van der Waals surface area contributed by atoms with Crippen molar-refractivity contribution in [2.24, 2.45) is 0 Å². The van der Waals surface area contributed by atoms with Gasteiger partial charge in [0, 0.05) is 68.3 Å². The van der Waals surface area contributed by atoms with Crippen molar-refractivity contribution in [2.45, 2.75) is 58.3 Å². The molecule has 3 aromatic rings. The van der Waals surface area contributed by atoms with E-state index in [9.17, 15) is 9.90 Å². The Hall–Kier alpha value is -2.91. The van der Waals surface area contributed by atoms with Crippen LogP contribution in [0.3, 0.4) is 0 Å². The Balaban J connectivity index is 1.75. The molecule has 0 radical (unpaired) electrons. The van der Waals surface area contributed by atoms with Gasteiger partial charge < -0.3 is 14.7 Å². The normalized spacial score (nSPS) is 15.2. The van der Waals surface area contributed by atoms with Crippen LogP contribution in [0.25, 0.3) is 5.69 Å². The van der Waals surface area contributed by atoms with Gasteiger partial charge >= 0.3 is 5.69 Å². The molecule has 8 nitrogen and oxygen atoms in total. The summed E-state index contributed by atoms with van der Waals surface area (Å²) in [6.07, 6.45) is 8.55. The Bertz CT molecular complexity index is 1170. The maximum atomic E-state index is 15.6. The summed E-state index contributed by atoms with van der Waals surface area (Å²) in [7, 11) is 1.96. The maximum absolute atomic E-state index is 15.6. The van der Waals surface area contributed by atoms with Crippen LogP contribution < -0.4 is 10.6 Å². The van der Waals surface area contributed by atoms with Gasteiger partial charge in [0.1, 0.15) is 0 Å². The van der Waals surface area contributed by atoms with Crippen molar-refractivity contribution >= 4 is 5.69 Å². The van der Waals surface area contributed by atoms with Crippen molar-refractivity contribution in [3.8, 4) is 5.69 Å². The van der Waals surface area contributed by atoms with Gasteiger partial charge in [-0.3, -0.25) is 13.8 Å². The molecule has 178 valence electrons. The van der Waals surface area contributed by atoms with E-state index in [0.29, 0.717) is 19.8 Å². The second kappa shape index (κ2) is 9.15. The monoisotopic (exact) mass is 457 g/mol. The topological polar surface area (TPSA) is 77.5 Å². The van der Waals surface area contributed by atoms with Crippen molar-refractivity contribution in [3.63, 3.8) is 0 Å². The number of ether oxygens (including phenoxy) is 1. The van der Waals surface area contributed by atoms with Gasteiger partial charge in [-0.15, -0.1) is 0 Å². The molecule has 0 atom stereocenters. The van der Waals surface area contributed by atoms with Crippen LogP contribution >= 0.6 is 0 Å². The molecule has 0 aliphatic carbocycles. The molecule has 3 heterocycles. The third-order valence-electron chi connectivity index (χ3n) is 6.31. The van der Waals surface area contributed by atoms with Crippen LogP contribution in [0.1, 0.15) is 44.7 Å². The molecule has 0 bridgehead atoms. The van der Waals surface area contributed by atoms with E-state index in [2.05, 4.69) is 10.00 Å². The second-order valence-corrected chi connectivity index (χ2v) is 9.12. The first-order chi connectivity index (χ1) is 15.7. The number of anilines is 1. The van der Waals surface area contributed by atoms with E-state index in [0.717, 1.165) is 30.6 Å². The van der Waals surface area contributed by atoms with E-state index in [1.54, 1.807) is 49.3 Å². The summed E-state index contributed by atoms with van der Waals surface area (Å²) in [6.45, 7) is 7.53. The number of halogens is 1. The molecule has 0 spiro atoms. The first kappa shape index (κ1) is 23.3. The summed E-state index contributed by atoms with van der Waals surface area (Å²) >= 11 is 0. The highest BCUT2D eigenvalue weighted by Gasteiger charge is 2.28. The average molecular weight is 458 g/mol. The fourth-order valence-electron chi connectivity index (χ4n) is 4.28. The predicted molar refractivity (Wildman–Crippen MR) is 124 cm³/mol. The third-order valence-corrected chi connectivity index (χ3v) is 6.31. The van der Waals surface area contributed by atoms with Crippen molar-refractivity contribution < 1.29 is 14.2 Å². The van der Waals surface area contributed by atoms with Gasteiger partial charge in [0.2, 0.25) is 0 Å². The molecular formula is C24H32FN5O3. The first-order valence-electron chi connectivity index (χ1n) is 11.4. The fourth-order valence-corrected chi connectivity index (χ4v) is 4.28. The fraction of sp³-hybridized carbons (Fsp3) is 0.500. The van der Waals surface area contributed by atoms with E-state index in [1.165, 1.54) is 9.13 Å². The Morgan fingerprint density at radius 3 is 2.64 bits per heavy atom. The lowest BCUT2D eigenvalue weighted by Gasteiger charge is -2.34. The highest BCUT2D eigenvalue weighted by atomic mass is 19.1. The number of aromatic nitrogens is 4. The molecule has 2 aromatic heterocycles. The first-order valence-corrected chi connectivity index (χ1v) is 11.4. The van der Waals surface area contributed by atoms with Gasteiger partial charge in [0.15, 0.2) is 5.82 Å². The molecule has 1 aromatic carbocycles. The quantitative estimate of drug-likeness (QED) is 0.590. The highest BCUT2D eigenvalue weighted by molar-refractivity contribution is 5.58. The third kappa shape index (κ3) is 4.74.